The van der Waals surface area contributed by atoms with Gasteiger partial charge in [-0.3, -0.25) is 9.59 Å². The highest BCUT2D eigenvalue weighted by molar-refractivity contribution is 5.80. The van der Waals surface area contributed by atoms with E-state index in [2.05, 4.69) is 12.2 Å². The topological polar surface area (TPSA) is 75.6 Å². The van der Waals surface area contributed by atoms with E-state index < -0.39 is 5.97 Å². The maximum absolute atomic E-state index is 12.1. The van der Waals surface area contributed by atoms with Crippen LogP contribution in [0.2, 0.25) is 0 Å². The number of carboxylic acids is 1. The van der Waals surface area contributed by atoms with Gasteiger partial charge in [-0.15, -0.1) is 0 Å². The minimum absolute atomic E-state index is 0.0287. The van der Waals surface area contributed by atoms with Crippen molar-refractivity contribution in [3.63, 3.8) is 0 Å². The van der Waals surface area contributed by atoms with Crippen molar-refractivity contribution in [1.82, 2.24) is 5.32 Å². The van der Waals surface area contributed by atoms with Crippen LogP contribution < -0.4 is 5.32 Å². The summed E-state index contributed by atoms with van der Waals surface area (Å²) in [5, 5.41) is 11.5. The van der Waals surface area contributed by atoms with Crippen molar-refractivity contribution in [2.75, 3.05) is 6.54 Å². The lowest BCUT2D eigenvalue weighted by molar-refractivity contribution is -0.139. The summed E-state index contributed by atoms with van der Waals surface area (Å²) in [6.45, 7) is 4.82. The van der Waals surface area contributed by atoms with Crippen LogP contribution in [-0.2, 0) is 14.3 Å². The summed E-state index contributed by atoms with van der Waals surface area (Å²) in [4.78, 5) is 22.5. The number of ether oxygens (including phenoxy) is 1. The zero-order valence-corrected chi connectivity index (χ0v) is 14.0. The smallest absolute Gasteiger partial charge is 0.303 e. The Balaban J connectivity index is 2.19. The summed E-state index contributed by atoms with van der Waals surface area (Å²) in [6.07, 6.45) is 7.63. The van der Waals surface area contributed by atoms with E-state index in [0.29, 0.717) is 25.3 Å². The molecule has 0 aromatic carbocycles. The van der Waals surface area contributed by atoms with Crippen LogP contribution in [0.1, 0.15) is 71.6 Å². The summed E-state index contributed by atoms with van der Waals surface area (Å²) in [7, 11) is 0. The average Bonchev–Trinajstić information content (AvgIpc) is 2.47. The third-order valence-electron chi connectivity index (χ3n) is 4.27. The Hall–Kier alpha value is -1.10. The van der Waals surface area contributed by atoms with E-state index in [1.807, 2.05) is 6.92 Å². The lowest BCUT2D eigenvalue weighted by atomic mass is 9.88. The van der Waals surface area contributed by atoms with Gasteiger partial charge in [0.25, 0.3) is 0 Å². The molecule has 0 spiro atoms. The summed E-state index contributed by atoms with van der Waals surface area (Å²) in [6, 6.07) is 0. The Kier molecular flexibility index (Phi) is 9.13. The standard InChI is InChI=1S/C17H31NO4/c1-3-15(22-14-9-7-8-13(2)12-14)17(21)18-11-6-4-5-10-16(19)20/h13-15H,3-12H2,1-2H3,(H,18,21)(H,19,20). The van der Waals surface area contributed by atoms with Crippen LogP contribution in [-0.4, -0.2) is 35.7 Å². The van der Waals surface area contributed by atoms with Crippen LogP contribution in [0, 0.1) is 5.92 Å². The van der Waals surface area contributed by atoms with Crippen molar-refractivity contribution in [3.05, 3.63) is 0 Å². The van der Waals surface area contributed by atoms with Crippen LogP contribution in [0.5, 0.6) is 0 Å². The molecule has 0 bridgehead atoms. The minimum Gasteiger partial charge on any atom is -0.481 e. The first-order chi connectivity index (χ1) is 10.5. The molecule has 3 atom stereocenters. The van der Waals surface area contributed by atoms with Gasteiger partial charge in [-0.1, -0.05) is 33.1 Å². The van der Waals surface area contributed by atoms with Crippen molar-refractivity contribution in [2.24, 2.45) is 5.92 Å². The molecule has 22 heavy (non-hydrogen) atoms. The highest BCUT2D eigenvalue weighted by Crippen LogP contribution is 2.26. The molecule has 1 aliphatic carbocycles. The van der Waals surface area contributed by atoms with Gasteiger partial charge in [-0.25, -0.2) is 0 Å². The Morgan fingerprint density at radius 3 is 2.68 bits per heavy atom. The number of carbonyl (C=O) groups is 2. The van der Waals surface area contributed by atoms with Gasteiger partial charge in [0.2, 0.25) is 5.91 Å². The fourth-order valence-corrected chi connectivity index (χ4v) is 2.98. The molecule has 128 valence electrons. The van der Waals surface area contributed by atoms with Crippen molar-refractivity contribution in [2.45, 2.75) is 83.8 Å². The van der Waals surface area contributed by atoms with Crippen molar-refractivity contribution in [3.8, 4) is 0 Å². The van der Waals surface area contributed by atoms with E-state index in [1.54, 1.807) is 0 Å². The molecule has 0 radical (unpaired) electrons. The maximum atomic E-state index is 12.1. The summed E-state index contributed by atoms with van der Waals surface area (Å²) < 4.78 is 5.99. The molecule has 3 unspecified atom stereocenters. The molecule has 0 aromatic heterocycles. The first-order valence-corrected chi connectivity index (χ1v) is 8.67. The number of hydrogen-bond donors (Lipinski definition) is 2. The normalized spacial score (nSPS) is 23.0. The Morgan fingerprint density at radius 1 is 1.27 bits per heavy atom. The molecule has 1 fully saturated rings. The number of amides is 1. The predicted octanol–water partition coefficient (Wildman–Crippen LogP) is 3.12. The highest BCUT2D eigenvalue weighted by Gasteiger charge is 2.25. The van der Waals surface area contributed by atoms with E-state index in [4.69, 9.17) is 9.84 Å². The van der Waals surface area contributed by atoms with Gasteiger partial charge in [0.1, 0.15) is 6.10 Å². The number of carbonyl (C=O) groups excluding carboxylic acids is 1. The monoisotopic (exact) mass is 313 g/mol. The Labute approximate surface area is 133 Å². The van der Waals surface area contributed by atoms with Gasteiger partial charge in [-0.05, 0) is 38.0 Å². The fourth-order valence-electron chi connectivity index (χ4n) is 2.98. The number of hydrogen-bond acceptors (Lipinski definition) is 3. The zero-order valence-electron chi connectivity index (χ0n) is 14.0. The molecule has 1 saturated carbocycles. The lowest BCUT2D eigenvalue weighted by Gasteiger charge is -2.29. The molecule has 0 heterocycles. The van der Waals surface area contributed by atoms with E-state index in [-0.39, 0.29) is 24.5 Å². The second-order valence-corrected chi connectivity index (χ2v) is 6.42. The molecule has 5 nitrogen and oxygen atoms in total. The Bertz CT molecular complexity index is 346. The lowest BCUT2D eigenvalue weighted by Crippen LogP contribution is -2.39. The van der Waals surface area contributed by atoms with Crippen molar-refractivity contribution in [1.29, 1.82) is 0 Å². The molecule has 0 saturated heterocycles. The highest BCUT2D eigenvalue weighted by atomic mass is 16.5. The first kappa shape index (κ1) is 18.9. The third-order valence-corrected chi connectivity index (χ3v) is 4.27. The van der Waals surface area contributed by atoms with Crippen LogP contribution in [0.25, 0.3) is 0 Å². The molecule has 1 aliphatic rings. The second-order valence-electron chi connectivity index (χ2n) is 6.42. The number of aliphatic carboxylic acids is 1. The third kappa shape index (κ3) is 7.78. The van der Waals surface area contributed by atoms with Gasteiger partial charge in [0.15, 0.2) is 0 Å². The van der Waals surface area contributed by atoms with E-state index in [9.17, 15) is 9.59 Å². The summed E-state index contributed by atoms with van der Waals surface area (Å²) >= 11 is 0. The van der Waals surface area contributed by atoms with Gasteiger partial charge in [0.05, 0.1) is 6.10 Å². The summed E-state index contributed by atoms with van der Waals surface area (Å²) in [5.41, 5.74) is 0. The van der Waals surface area contributed by atoms with Crippen molar-refractivity contribution >= 4 is 11.9 Å². The molecule has 0 aliphatic heterocycles. The molecular weight excluding hydrogens is 282 g/mol. The number of nitrogens with one attached hydrogen (secondary N) is 1. The Morgan fingerprint density at radius 2 is 2.05 bits per heavy atom. The van der Waals surface area contributed by atoms with E-state index >= 15 is 0 Å². The zero-order chi connectivity index (χ0) is 16.4. The maximum Gasteiger partial charge on any atom is 0.303 e. The predicted molar refractivity (Wildman–Crippen MR) is 85.7 cm³/mol. The number of rotatable bonds is 10. The van der Waals surface area contributed by atoms with Crippen LogP contribution in [0.15, 0.2) is 0 Å². The molecular formula is C17H31NO4. The minimum atomic E-state index is -0.759. The van der Waals surface area contributed by atoms with Crippen molar-refractivity contribution < 1.29 is 19.4 Å². The van der Waals surface area contributed by atoms with Crippen LogP contribution in [0.4, 0.5) is 0 Å². The van der Waals surface area contributed by atoms with Gasteiger partial charge < -0.3 is 15.2 Å². The van der Waals surface area contributed by atoms with Gasteiger partial charge >= 0.3 is 5.97 Å². The largest absolute Gasteiger partial charge is 0.481 e. The average molecular weight is 313 g/mol. The molecule has 2 N–H and O–H groups in total. The number of unbranched alkanes of at least 4 members (excludes halogenated alkanes) is 2. The van der Waals surface area contributed by atoms with Gasteiger partial charge in [0, 0.05) is 13.0 Å². The summed E-state index contributed by atoms with van der Waals surface area (Å²) in [5.74, 6) is -0.0993. The van der Waals surface area contributed by atoms with Gasteiger partial charge in [-0.2, -0.15) is 0 Å². The SMILES string of the molecule is CCC(OC1CCCC(C)C1)C(=O)NCCCCCC(=O)O. The quantitative estimate of drug-likeness (QED) is 0.608. The fraction of sp³-hybridized carbons (Fsp3) is 0.882. The molecule has 5 heteroatoms. The van der Waals surface area contributed by atoms with Crippen LogP contribution in [0.3, 0.4) is 0 Å². The molecule has 1 rings (SSSR count). The second kappa shape index (κ2) is 10.6. The molecule has 0 aromatic rings. The number of carboxylic acid groups (broad SMARTS) is 1. The molecule has 1 amide bonds. The van der Waals surface area contributed by atoms with Crippen LogP contribution >= 0.6 is 0 Å². The van der Waals surface area contributed by atoms with E-state index in [0.717, 1.165) is 25.7 Å². The van der Waals surface area contributed by atoms with E-state index in [1.165, 1.54) is 12.8 Å². The first-order valence-electron chi connectivity index (χ1n) is 8.67.